The molecule has 0 radical (unpaired) electrons. The average Bonchev–Trinajstić information content (AvgIpc) is 2.05. The number of nitrogens with two attached hydrogens (primary N) is 1. The SMILES string of the molecule is CCC(CN)C(=O)NC(C)(C)C(=O)O. The van der Waals surface area contributed by atoms with Crippen LogP contribution in [0.15, 0.2) is 0 Å². The van der Waals surface area contributed by atoms with E-state index in [2.05, 4.69) is 5.32 Å². The Morgan fingerprint density at radius 3 is 2.29 bits per heavy atom. The lowest BCUT2D eigenvalue weighted by molar-refractivity contribution is -0.146. The minimum absolute atomic E-state index is 0.234. The zero-order valence-electron chi connectivity index (χ0n) is 8.83. The van der Waals surface area contributed by atoms with Gasteiger partial charge < -0.3 is 16.2 Å². The standard InChI is InChI=1S/C9H18N2O3/c1-4-6(5-10)7(12)11-9(2,3)8(13)14/h6H,4-5,10H2,1-3H3,(H,11,12)(H,13,14). The number of carboxylic acids is 1. The van der Waals surface area contributed by atoms with Crippen LogP contribution in [0.4, 0.5) is 0 Å². The number of hydrogen-bond donors (Lipinski definition) is 3. The Kier molecular flexibility index (Phi) is 4.56. The molecular weight excluding hydrogens is 184 g/mol. The summed E-state index contributed by atoms with van der Waals surface area (Å²) in [4.78, 5) is 22.2. The fourth-order valence-electron chi connectivity index (χ4n) is 0.923. The molecule has 0 saturated heterocycles. The summed E-state index contributed by atoms with van der Waals surface area (Å²) in [6.45, 7) is 4.95. The minimum Gasteiger partial charge on any atom is -0.480 e. The van der Waals surface area contributed by atoms with Gasteiger partial charge in [-0.15, -0.1) is 0 Å². The number of carboxylic acid groups (broad SMARTS) is 1. The lowest BCUT2D eigenvalue weighted by Gasteiger charge is -2.23. The van der Waals surface area contributed by atoms with Crippen molar-refractivity contribution in [2.75, 3.05) is 6.54 Å². The molecule has 0 fully saturated rings. The molecular formula is C9H18N2O3. The molecule has 0 spiro atoms. The highest BCUT2D eigenvalue weighted by molar-refractivity contribution is 5.87. The fraction of sp³-hybridized carbons (Fsp3) is 0.778. The van der Waals surface area contributed by atoms with E-state index in [0.717, 1.165) is 0 Å². The Hall–Kier alpha value is -1.10. The summed E-state index contributed by atoms with van der Waals surface area (Å²) in [5.41, 5.74) is 4.13. The quantitative estimate of drug-likeness (QED) is 0.582. The zero-order chi connectivity index (χ0) is 11.4. The van der Waals surface area contributed by atoms with Gasteiger partial charge in [0.15, 0.2) is 0 Å². The molecule has 5 nitrogen and oxygen atoms in total. The van der Waals surface area contributed by atoms with Crippen molar-refractivity contribution >= 4 is 11.9 Å². The zero-order valence-corrected chi connectivity index (χ0v) is 8.83. The second-order valence-electron chi connectivity index (χ2n) is 3.76. The predicted octanol–water partition coefficient (Wildman–Crippen LogP) is -0.0493. The van der Waals surface area contributed by atoms with Crippen molar-refractivity contribution in [3.05, 3.63) is 0 Å². The molecule has 0 aromatic rings. The van der Waals surface area contributed by atoms with E-state index in [-0.39, 0.29) is 18.4 Å². The van der Waals surface area contributed by atoms with E-state index in [0.29, 0.717) is 6.42 Å². The van der Waals surface area contributed by atoms with Crippen LogP contribution >= 0.6 is 0 Å². The Morgan fingerprint density at radius 1 is 1.50 bits per heavy atom. The molecule has 0 saturated carbocycles. The molecule has 14 heavy (non-hydrogen) atoms. The van der Waals surface area contributed by atoms with Gasteiger partial charge in [0.25, 0.3) is 0 Å². The van der Waals surface area contributed by atoms with E-state index >= 15 is 0 Å². The Balaban J connectivity index is 4.38. The van der Waals surface area contributed by atoms with Crippen LogP contribution in [-0.4, -0.2) is 29.1 Å². The summed E-state index contributed by atoms with van der Waals surface area (Å²) in [6.07, 6.45) is 0.609. The van der Waals surface area contributed by atoms with Gasteiger partial charge in [-0.3, -0.25) is 4.79 Å². The highest BCUT2D eigenvalue weighted by Gasteiger charge is 2.30. The van der Waals surface area contributed by atoms with Crippen molar-refractivity contribution in [1.82, 2.24) is 5.32 Å². The van der Waals surface area contributed by atoms with Gasteiger partial charge in [-0.05, 0) is 20.3 Å². The summed E-state index contributed by atoms with van der Waals surface area (Å²) in [5.74, 6) is -1.67. The lowest BCUT2D eigenvalue weighted by atomic mass is 10.0. The third kappa shape index (κ3) is 3.33. The maximum atomic E-state index is 11.5. The minimum atomic E-state index is -1.24. The molecule has 0 heterocycles. The number of amides is 1. The Bertz CT molecular complexity index is 222. The lowest BCUT2D eigenvalue weighted by Crippen LogP contribution is -2.52. The van der Waals surface area contributed by atoms with Crippen LogP contribution in [0.5, 0.6) is 0 Å². The molecule has 0 aliphatic heterocycles. The van der Waals surface area contributed by atoms with Crippen LogP contribution in [0.1, 0.15) is 27.2 Å². The van der Waals surface area contributed by atoms with Gasteiger partial charge >= 0.3 is 5.97 Å². The van der Waals surface area contributed by atoms with Gasteiger partial charge in [0.1, 0.15) is 5.54 Å². The normalized spacial score (nSPS) is 13.4. The molecule has 0 rings (SSSR count). The van der Waals surface area contributed by atoms with Gasteiger partial charge in [-0.2, -0.15) is 0 Å². The van der Waals surface area contributed by atoms with E-state index in [4.69, 9.17) is 10.8 Å². The maximum absolute atomic E-state index is 11.5. The average molecular weight is 202 g/mol. The molecule has 1 unspecified atom stereocenters. The molecule has 82 valence electrons. The van der Waals surface area contributed by atoms with E-state index in [9.17, 15) is 9.59 Å². The van der Waals surface area contributed by atoms with E-state index in [1.165, 1.54) is 13.8 Å². The number of aliphatic carboxylic acids is 1. The van der Waals surface area contributed by atoms with Crippen molar-refractivity contribution in [3.8, 4) is 0 Å². The molecule has 0 aromatic carbocycles. The van der Waals surface area contributed by atoms with Gasteiger partial charge in [0, 0.05) is 12.5 Å². The molecule has 0 aliphatic carbocycles. The highest BCUT2D eigenvalue weighted by Crippen LogP contribution is 2.06. The second-order valence-corrected chi connectivity index (χ2v) is 3.76. The smallest absolute Gasteiger partial charge is 0.328 e. The van der Waals surface area contributed by atoms with E-state index in [1.807, 2.05) is 6.92 Å². The first-order valence-electron chi connectivity index (χ1n) is 4.60. The van der Waals surface area contributed by atoms with Crippen LogP contribution in [-0.2, 0) is 9.59 Å². The topological polar surface area (TPSA) is 92.4 Å². The van der Waals surface area contributed by atoms with Gasteiger partial charge in [0.05, 0.1) is 0 Å². The third-order valence-corrected chi connectivity index (χ3v) is 2.12. The van der Waals surface area contributed by atoms with Gasteiger partial charge in [0.2, 0.25) is 5.91 Å². The summed E-state index contributed by atoms with van der Waals surface area (Å²) >= 11 is 0. The number of carbonyl (C=O) groups excluding carboxylic acids is 1. The molecule has 1 amide bonds. The third-order valence-electron chi connectivity index (χ3n) is 2.12. The highest BCUT2D eigenvalue weighted by atomic mass is 16.4. The fourth-order valence-corrected chi connectivity index (χ4v) is 0.923. The van der Waals surface area contributed by atoms with Crippen LogP contribution in [0.2, 0.25) is 0 Å². The Labute approximate surface area is 83.7 Å². The van der Waals surface area contributed by atoms with E-state index < -0.39 is 11.5 Å². The molecule has 0 aromatic heterocycles. The first-order valence-corrected chi connectivity index (χ1v) is 4.60. The van der Waals surface area contributed by atoms with Crippen molar-refractivity contribution < 1.29 is 14.7 Å². The first kappa shape index (κ1) is 12.9. The molecule has 4 N–H and O–H groups in total. The number of rotatable bonds is 5. The summed E-state index contributed by atoms with van der Waals surface area (Å²) < 4.78 is 0. The largest absolute Gasteiger partial charge is 0.480 e. The van der Waals surface area contributed by atoms with Crippen molar-refractivity contribution in [2.24, 2.45) is 11.7 Å². The maximum Gasteiger partial charge on any atom is 0.328 e. The van der Waals surface area contributed by atoms with Crippen LogP contribution in [0, 0.1) is 5.92 Å². The summed E-state index contributed by atoms with van der Waals surface area (Å²) in [6, 6.07) is 0. The van der Waals surface area contributed by atoms with Crippen molar-refractivity contribution in [2.45, 2.75) is 32.7 Å². The van der Waals surface area contributed by atoms with Gasteiger partial charge in [-0.25, -0.2) is 4.79 Å². The number of carbonyl (C=O) groups is 2. The number of hydrogen-bond acceptors (Lipinski definition) is 3. The Morgan fingerprint density at radius 2 is 2.00 bits per heavy atom. The molecule has 0 aliphatic rings. The van der Waals surface area contributed by atoms with Crippen LogP contribution in [0.3, 0.4) is 0 Å². The molecule has 0 bridgehead atoms. The van der Waals surface area contributed by atoms with Crippen molar-refractivity contribution in [1.29, 1.82) is 0 Å². The van der Waals surface area contributed by atoms with Crippen molar-refractivity contribution in [3.63, 3.8) is 0 Å². The molecule has 5 heteroatoms. The summed E-state index contributed by atoms with van der Waals surface area (Å²) in [7, 11) is 0. The second kappa shape index (κ2) is 4.95. The van der Waals surface area contributed by atoms with Crippen LogP contribution in [0.25, 0.3) is 0 Å². The van der Waals surface area contributed by atoms with Crippen LogP contribution < -0.4 is 11.1 Å². The monoisotopic (exact) mass is 202 g/mol. The van der Waals surface area contributed by atoms with E-state index in [1.54, 1.807) is 0 Å². The number of nitrogens with one attached hydrogen (secondary N) is 1. The predicted molar refractivity (Wildman–Crippen MR) is 52.7 cm³/mol. The molecule has 1 atom stereocenters. The summed E-state index contributed by atoms with van der Waals surface area (Å²) in [5, 5.41) is 11.2. The van der Waals surface area contributed by atoms with Gasteiger partial charge in [-0.1, -0.05) is 6.92 Å². The first-order chi connectivity index (χ1) is 6.35.